The van der Waals surface area contributed by atoms with E-state index in [4.69, 9.17) is 0 Å². The summed E-state index contributed by atoms with van der Waals surface area (Å²) in [5.74, 6) is 1.91. The average molecular weight is 196 g/mol. The first-order valence-corrected chi connectivity index (χ1v) is 5.41. The maximum atomic E-state index is 4.41. The SMILES string of the molecule is CCCc1nnc2n1N=C(C)CS2. The van der Waals surface area contributed by atoms with Gasteiger partial charge in [0.1, 0.15) is 0 Å². The zero-order chi connectivity index (χ0) is 9.26. The van der Waals surface area contributed by atoms with Crippen LogP contribution in [0.2, 0.25) is 0 Å². The number of thioether (sulfide) groups is 1. The van der Waals surface area contributed by atoms with Gasteiger partial charge >= 0.3 is 0 Å². The van der Waals surface area contributed by atoms with Crippen molar-refractivity contribution in [3.63, 3.8) is 0 Å². The van der Waals surface area contributed by atoms with Gasteiger partial charge in [-0.25, -0.2) is 0 Å². The van der Waals surface area contributed by atoms with Crippen LogP contribution in [-0.4, -0.2) is 26.3 Å². The highest BCUT2D eigenvalue weighted by Gasteiger charge is 2.15. The monoisotopic (exact) mass is 196 g/mol. The van der Waals surface area contributed by atoms with E-state index in [2.05, 4.69) is 22.2 Å². The van der Waals surface area contributed by atoms with Crippen molar-refractivity contribution in [2.24, 2.45) is 5.10 Å². The molecule has 0 aliphatic carbocycles. The molecule has 0 amide bonds. The van der Waals surface area contributed by atoms with E-state index in [1.807, 2.05) is 11.6 Å². The molecule has 1 aromatic rings. The van der Waals surface area contributed by atoms with Gasteiger partial charge in [0.15, 0.2) is 5.82 Å². The first kappa shape index (κ1) is 8.74. The highest BCUT2D eigenvalue weighted by Crippen LogP contribution is 2.21. The van der Waals surface area contributed by atoms with Crippen LogP contribution in [0.4, 0.5) is 0 Å². The van der Waals surface area contributed by atoms with Gasteiger partial charge in [0.05, 0.1) is 0 Å². The smallest absolute Gasteiger partial charge is 0.192 e. The minimum atomic E-state index is 0.925. The van der Waals surface area contributed by atoms with Crippen LogP contribution in [0.1, 0.15) is 26.1 Å². The number of aryl methyl sites for hydroxylation is 1. The van der Waals surface area contributed by atoms with Crippen molar-refractivity contribution < 1.29 is 0 Å². The lowest BCUT2D eigenvalue weighted by molar-refractivity contribution is 0.692. The van der Waals surface area contributed by atoms with E-state index < -0.39 is 0 Å². The normalized spacial score (nSPS) is 15.4. The molecule has 2 rings (SSSR count). The third-order valence-electron chi connectivity index (χ3n) is 1.83. The Balaban J connectivity index is 2.37. The van der Waals surface area contributed by atoms with Gasteiger partial charge in [0.2, 0.25) is 5.16 Å². The summed E-state index contributed by atoms with van der Waals surface area (Å²) >= 11 is 1.70. The second-order valence-electron chi connectivity index (χ2n) is 3.08. The fourth-order valence-electron chi connectivity index (χ4n) is 1.23. The molecule has 4 nitrogen and oxygen atoms in total. The molecule has 0 spiro atoms. The van der Waals surface area contributed by atoms with E-state index in [1.165, 1.54) is 0 Å². The van der Waals surface area contributed by atoms with E-state index in [0.29, 0.717) is 0 Å². The predicted octanol–water partition coefficient (Wildman–Crippen LogP) is 1.56. The summed E-state index contributed by atoms with van der Waals surface area (Å²) in [6.45, 7) is 4.17. The lowest BCUT2D eigenvalue weighted by atomic mass is 10.3. The molecule has 0 fully saturated rings. The van der Waals surface area contributed by atoms with Crippen LogP contribution in [-0.2, 0) is 6.42 Å². The molecule has 70 valence electrons. The van der Waals surface area contributed by atoms with E-state index in [1.54, 1.807) is 11.8 Å². The first-order valence-electron chi connectivity index (χ1n) is 4.43. The average Bonchev–Trinajstić information content (AvgIpc) is 2.49. The summed E-state index contributed by atoms with van der Waals surface area (Å²) in [5.41, 5.74) is 1.13. The van der Waals surface area contributed by atoms with E-state index in [-0.39, 0.29) is 0 Å². The number of rotatable bonds is 2. The molecular formula is C8H12N4S. The Morgan fingerprint density at radius 3 is 3.08 bits per heavy atom. The maximum absolute atomic E-state index is 4.41. The van der Waals surface area contributed by atoms with Gasteiger partial charge in [-0.15, -0.1) is 10.2 Å². The van der Waals surface area contributed by atoms with E-state index in [9.17, 15) is 0 Å². The Labute approximate surface area is 81.4 Å². The molecule has 13 heavy (non-hydrogen) atoms. The summed E-state index contributed by atoms with van der Waals surface area (Å²) < 4.78 is 1.87. The van der Waals surface area contributed by atoms with Crippen molar-refractivity contribution in [1.82, 2.24) is 14.9 Å². The Hall–Kier alpha value is -0.840. The lowest BCUT2D eigenvalue weighted by Crippen LogP contribution is -2.10. The molecule has 0 N–H and O–H groups in total. The molecule has 0 atom stereocenters. The molecule has 2 heterocycles. The van der Waals surface area contributed by atoms with Gasteiger partial charge in [0.25, 0.3) is 0 Å². The molecule has 1 aromatic heterocycles. The molecule has 1 aliphatic rings. The van der Waals surface area contributed by atoms with E-state index in [0.717, 1.165) is 35.3 Å². The van der Waals surface area contributed by atoms with Gasteiger partial charge in [-0.2, -0.15) is 9.78 Å². The van der Waals surface area contributed by atoms with Crippen LogP contribution < -0.4 is 0 Å². The Morgan fingerprint density at radius 1 is 1.46 bits per heavy atom. The predicted molar refractivity (Wildman–Crippen MR) is 53.2 cm³/mol. The lowest BCUT2D eigenvalue weighted by Gasteiger charge is -2.09. The molecule has 5 heteroatoms. The highest BCUT2D eigenvalue weighted by atomic mass is 32.2. The minimum absolute atomic E-state index is 0.925. The van der Waals surface area contributed by atoms with Crippen molar-refractivity contribution >= 4 is 17.5 Å². The number of hydrogen-bond acceptors (Lipinski definition) is 4. The van der Waals surface area contributed by atoms with Crippen molar-refractivity contribution in [2.45, 2.75) is 31.8 Å². The zero-order valence-electron chi connectivity index (χ0n) is 7.82. The molecule has 0 saturated heterocycles. The Kier molecular flexibility index (Phi) is 2.35. The van der Waals surface area contributed by atoms with Gasteiger partial charge in [-0.05, 0) is 13.3 Å². The van der Waals surface area contributed by atoms with Crippen LogP contribution in [0.3, 0.4) is 0 Å². The van der Waals surface area contributed by atoms with Crippen LogP contribution in [0.5, 0.6) is 0 Å². The summed E-state index contributed by atoms with van der Waals surface area (Å²) in [6.07, 6.45) is 2.03. The van der Waals surface area contributed by atoms with Crippen LogP contribution in [0, 0.1) is 0 Å². The molecular weight excluding hydrogens is 184 g/mol. The molecule has 0 bridgehead atoms. The van der Waals surface area contributed by atoms with Gasteiger partial charge in [-0.1, -0.05) is 18.7 Å². The fraction of sp³-hybridized carbons (Fsp3) is 0.625. The Morgan fingerprint density at radius 2 is 2.31 bits per heavy atom. The first-order chi connectivity index (χ1) is 6.31. The highest BCUT2D eigenvalue weighted by molar-refractivity contribution is 7.99. The number of aromatic nitrogens is 3. The van der Waals surface area contributed by atoms with Crippen molar-refractivity contribution in [3.8, 4) is 0 Å². The van der Waals surface area contributed by atoms with Gasteiger partial charge in [-0.3, -0.25) is 0 Å². The zero-order valence-corrected chi connectivity index (χ0v) is 8.63. The number of hydrogen-bond donors (Lipinski definition) is 0. The molecule has 0 saturated carbocycles. The maximum Gasteiger partial charge on any atom is 0.212 e. The summed E-state index contributed by atoms with van der Waals surface area (Å²) in [5, 5.41) is 13.5. The van der Waals surface area contributed by atoms with Crippen LogP contribution >= 0.6 is 11.8 Å². The third-order valence-corrected chi connectivity index (χ3v) is 2.91. The van der Waals surface area contributed by atoms with Crippen molar-refractivity contribution in [1.29, 1.82) is 0 Å². The van der Waals surface area contributed by atoms with Crippen molar-refractivity contribution in [2.75, 3.05) is 5.75 Å². The summed E-state index contributed by atoms with van der Waals surface area (Å²) in [4.78, 5) is 0. The van der Waals surface area contributed by atoms with E-state index >= 15 is 0 Å². The standard InChI is InChI=1S/C8H12N4S/c1-3-4-7-9-10-8-12(7)11-6(2)5-13-8/h3-5H2,1-2H3. The second-order valence-corrected chi connectivity index (χ2v) is 4.03. The van der Waals surface area contributed by atoms with Crippen molar-refractivity contribution in [3.05, 3.63) is 5.82 Å². The second kappa shape index (κ2) is 3.49. The summed E-state index contributed by atoms with van der Waals surface area (Å²) in [7, 11) is 0. The third kappa shape index (κ3) is 1.60. The molecule has 1 aliphatic heterocycles. The summed E-state index contributed by atoms with van der Waals surface area (Å²) in [6, 6.07) is 0. The number of fused-ring (bicyclic) bond motifs is 1. The molecule has 0 unspecified atom stereocenters. The molecule has 0 aromatic carbocycles. The molecule has 0 radical (unpaired) electrons. The minimum Gasteiger partial charge on any atom is -0.192 e. The van der Waals surface area contributed by atoms with Crippen LogP contribution in [0.15, 0.2) is 10.3 Å². The van der Waals surface area contributed by atoms with Crippen LogP contribution in [0.25, 0.3) is 0 Å². The number of nitrogens with zero attached hydrogens (tertiary/aromatic N) is 4. The fourth-order valence-corrected chi connectivity index (χ4v) is 2.00. The van der Waals surface area contributed by atoms with Gasteiger partial charge in [0, 0.05) is 17.9 Å². The topological polar surface area (TPSA) is 43.1 Å². The Bertz CT molecular complexity index is 342. The van der Waals surface area contributed by atoms with Gasteiger partial charge < -0.3 is 0 Å². The largest absolute Gasteiger partial charge is 0.212 e. The quantitative estimate of drug-likeness (QED) is 0.721.